The monoisotopic (exact) mass is 828 g/mol. The van der Waals surface area contributed by atoms with Gasteiger partial charge in [-0.2, -0.15) is 21.0 Å². The summed E-state index contributed by atoms with van der Waals surface area (Å²) in [6, 6.07) is 68.8. The van der Waals surface area contributed by atoms with E-state index in [-0.39, 0.29) is 0 Å². The maximum Gasteiger partial charge on any atom is 0.0992 e. The van der Waals surface area contributed by atoms with Crippen molar-refractivity contribution in [2.24, 2.45) is 0 Å². The van der Waals surface area contributed by atoms with Crippen LogP contribution in [-0.2, 0) is 0 Å². The van der Waals surface area contributed by atoms with Crippen LogP contribution in [0.3, 0.4) is 0 Å². The molecular weight excluding hydrogens is 801 g/mol. The van der Waals surface area contributed by atoms with E-state index in [1.165, 1.54) is 37.7 Å². The standard InChI is InChI=1S/C62H28N4/c63-29-33-19-34(30-64)22-39(21-33)57-48-17-15-43-44(52(48)28-55-53-25-37-7-1-3-9-41(37)46-12-6-14-50(60(46)53)61(55)57)16-18-49-51(43)27-54-47-13-5-11-45-42-10-4-2-8-38(42)26-56(59(45)47)62(54)58(49)40-23-35(31-65)20-36(24-40)32-66/h1-28H. The van der Waals surface area contributed by atoms with Gasteiger partial charge < -0.3 is 0 Å². The van der Waals surface area contributed by atoms with Crippen molar-refractivity contribution < 1.29 is 0 Å². The molecule has 14 rings (SSSR count). The Bertz CT molecular complexity index is 4440. The highest BCUT2D eigenvalue weighted by Gasteiger charge is 2.31. The van der Waals surface area contributed by atoms with E-state index >= 15 is 0 Å². The zero-order chi connectivity index (χ0) is 43.9. The van der Waals surface area contributed by atoms with Crippen LogP contribution in [0, 0.1) is 45.3 Å². The summed E-state index contributed by atoms with van der Waals surface area (Å²) >= 11 is 0. The van der Waals surface area contributed by atoms with E-state index in [1.807, 2.05) is 24.3 Å². The Labute approximate surface area is 377 Å². The lowest BCUT2D eigenvalue weighted by Gasteiger charge is -2.20. The first-order chi connectivity index (χ1) is 32.5. The third kappa shape index (κ3) is 4.67. The highest BCUT2D eigenvalue weighted by atomic mass is 14.3. The van der Waals surface area contributed by atoms with E-state index in [0.29, 0.717) is 22.3 Å². The molecule has 0 unspecified atom stereocenters. The van der Waals surface area contributed by atoms with Crippen molar-refractivity contribution in [3.63, 3.8) is 0 Å². The summed E-state index contributed by atoms with van der Waals surface area (Å²) < 4.78 is 0. The van der Waals surface area contributed by atoms with Gasteiger partial charge in [0, 0.05) is 0 Å². The Morgan fingerprint density at radius 1 is 0.242 bits per heavy atom. The normalized spacial score (nSPS) is 11.9. The summed E-state index contributed by atoms with van der Waals surface area (Å²) in [4.78, 5) is 0. The minimum absolute atomic E-state index is 0.436. The van der Waals surface area contributed by atoms with Crippen molar-refractivity contribution in [1.82, 2.24) is 0 Å². The smallest absolute Gasteiger partial charge is 0.0992 e. The summed E-state index contributed by atoms with van der Waals surface area (Å²) in [5.41, 5.74) is 14.4. The molecule has 0 radical (unpaired) electrons. The van der Waals surface area contributed by atoms with Crippen molar-refractivity contribution >= 4 is 75.4 Å². The maximum atomic E-state index is 10.3. The number of fused-ring (bicyclic) bond motifs is 15. The van der Waals surface area contributed by atoms with E-state index in [4.69, 9.17) is 0 Å². The van der Waals surface area contributed by atoms with E-state index < -0.39 is 0 Å². The predicted octanol–water partition coefficient (Wildman–Crippen LogP) is 15.9. The van der Waals surface area contributed by atoms with Gasteiger partial charge in [-0.1, -0.05) is 109 Å². The largest absolute Gasteiger partial charge is 0.192 e. The predicted molar refractivity (Wildman–Crippen MR) is 268 cm³/mol. The van der Waals surface area contributed by atoms with Crippen LogP contribution in [-0.4, -0.2) is 0 Å². The molecule has 296 valence electrons. The molecule has 12 aromatic carbocycles. The molecule has 2 aliphatic carbocycles. The van der Waals surface area contributed by atoms with Crippen LogP contribution in [0.15, 0.2) is 170 Å². The Balaban J connectivity index is 1.15. The lowest BCUT2D eigenvalue weighted by Crippen LogP contribution is -1.94. The first kappa shape index (κ1) is 36.0. The van der Waals surface area contributed by atoms with Gasteiger partial charge in [0.25, 0.3) is 0 Å². The maximum absolute atomic E-state index is 10.3. The van der Waals surface area contributed by atoms with Crippen molar-refractivity contribution in [1.29, 1.82) is 21.0 Å². The highest BCUT2D eigenvalue weighted by Crippen LogP contribution is 2.58. The van der Waals surface area contributed by atoms with Gasteiger partial charge in [-0.15, -0.1) is 0 Å². The Morgan fingerprint density at radius 2 is 0.652 bits per heavy atom. The zero-order valence-electron chi connectivity index (χ0n) is 35.0. The summed E-state index contributed by atoms with van der Waals surface area (Å²) in [6.07, 6.45) is 0. The average molecular weight is 829 g/mol. The molecule has 12 aromatic rings. The molecule has 66 heavy (non-hydrogen) atoms. The fourth-order valence-electron chi connectivity index (χ4n) is 11.7. The highest BCUT2D eigenvalue weighted by molar-refractivity contribution is 6.33. The molecule has 0 saturated carbocycles. The lowest BCUT2D eigenvalue weighted by atomic mass is 9.83. The van der Waals surface area contributed by atoms with Gasteiger partial charge in [0.05, 0.1) is 46.5 Å². The van der Waals surface area contributed by atoms with Crippen LogP contribution in [0.2, 0.25) is 0 Å². The van der Waals surface area contributed by atoms with Gasteiger partial charge in [-0.25, -0.2) is 0 Å². The Hall–Kier alpha value is -9.58. The molecule has 0 aliphatic heterocycles. The number of benzene rings is 12. The van der Waals surface area contributed by atoms with Crippen molar-refractivity contribution in [3.05, 3.63) is 192 Å². The molecule has 0 heterocycles. The number of rotatable bonds is 2. The molecule has 0 fully saturated rings. The first-order valence-corrected chi connectivity index (χ1v) is 21.9. The summed E-state index contributed by atoms with van der Waals surface area (Å²) in [5.74, 6) is 0. The van der Waals surface area contributed by atoms with Crippen molar-refractivity contribution in [2.45, 2.75) is 0 Å². The third-order valence-corrected chi connectivity index (χ3v) is 14.3. The van der Waals surface area contributed by atoms with Crippen molar-refractivity contribution in [3.8, 4) is 91.0 Å². The van der Waals surface area contributed by atoms with Crippen LogP contribution >= 0.6 is 0 Å². The van der Waals surface area contributed by atoms with Crippen LogP contribution in [0.25, 0.3) is 142 Å². The first-order valence-electron chi connectivity index (χ1n) is 21.9. The van der Waals surface area contributed by atoms with Gasteiger partial charge in [0.15, 0.2) is 0 Å². The summed E-state index contributed by atoms with van der Waals surface area (Å²) in [5, 5.41) is 56.8. The molecule has 0 N–H and O–H groups in total. The molecule has 0 aromatic heterocycles. The summed E-state index contributed by atoms with van der Waals surface area (Å²) in [7, 11) is 0. The van der Waals surface area contributed by atoms with Crippen LogP contribution in [0.4, 0.5) is 0 Å². The van der Waals surface area contributed by atoms with Crippen LogP contribution < -0.4 is 0 Å². The molecule has 0 bridgehead atoms. The zero-order valence-corrected chi connectivity index (χ0v) is 35.0. The van der Waals surface area contributed by atoms with E-state index in [1.54, 1.807) is 12.1 Å². The molecule has 0 saturated heterocycles. The lowest BCUT2D eigenvalue weighted by molar-refractivity contribution is 1.45. The van der Waals surface area contributed by atoms with Gasteiger partial charge in [-0.3, -0.25) is 0 Å². The number of nitrogens with zero attached hydrogens (tertiary/aromatic N) is 4. The second-order valence-electron chi connectivity index (χ2n) is 17.6. The van der Waals surface area contributed by atoms with E-state index in [9.17, 15) is 21.0 Å². The van der Waals surface area contributed by atoms with Crippen molar-refractivity contribution in [2.75, 3.05) is 0 Å². The van der Waals surface area contributed by atoms with Crippen LogP contribution in [0.5, 0.6) is 0 Å². The van der Waals surface area contributed by atoms with Gasteiger partial charge in [0.2, 0.25) is 0 Å². The molecule has 0 spiro atoms. The Kier molecular flexibility index (Phi) is 7.08. The fraction of sp³-hybridized carbons (Fsp3) is 0. The number of nitriles is 4. The third-order valence-electron chi connectivity index (χ3n) is 14.3. The molecule has 2 aliphatic rings. The molecule has 0 amide bonds. The minimum Gasteiger partial charge on any atom is -0.192 e. The SMILES string of the molecule is N#Cc1cc(C#N)cc(-c2c3c(cc4c2ccc2c5cc6c(c(-c7cc(C#N)cc(C#N)c7)c5ccc42)-c2cc4ccccc4c4cccc-6c24)-c2cc4ccccc4c4cccc-3c24)c1. The minimum atomic E-state index is 0.436. The molecule has 4 heteroatoms. The second-order valence-corrected chi connectivity index (χ2v) is 17.6. The van der Waals surface area contributed by atoms with Gasteiger partial charge >= 0.3 is 0 Å². The average Bonchev–Trinajstić information content (AvgIpc) is 3.86. The molecule has 4 nitrogen and oxygen atoms in total. The van der Waals surface area contributed by atoms with E-state index in [0.717, 1.165) is 104 Å². The van der Waals surface area contributed by atoms with Gasteiger partial charge in [-0.05, 0) is 203 Å². The number of hydrogen-bond acceptors (Lipinski definition) is 4. The summed E-state index contributed by atoms with van der Waals surface area (Å²) in [6.45, 7) is 0. The Morgan fingerprint density at radius 3 is 1.17 bits per heavy atom. The quantitative estimate of drug-likeness (QED) is 0.162. The molecule has 0 atom stereocenters. The van der Waals surface area contributed by atoms with Gasteiger partial charge in [0.1, 0.15) is 0 Å². The van der Waals surface area contributed by atoms with Crippen LogP contribution in [0.1, 0.15) is 22.3 Å². The number of hydrogen-bond donors (Lipinski definition) is 0. The van der Waals surface area contributed by atoms with E-state index in [2.05, 4.69) is 158 Å². The topological polar surface area (TPSA) is 95.2 Å². The molecular formula is C62H28N4. The second kappa shape index (κ2) is 13.0. The fourth-order valence-corrected chi connectivity index (χ4v) is 11.7.